The van der Waals surface area contributed by atoms with Gasteiger partial charge in [0.05, 0.1) is 0 Å². The maximum Gasteiger partial charge on any atom is 0.183 e. The Bertz CT molecular complexity index is 1430. The number of nitrogens with zero attached hydrogens (tertiary/aromatic N) is 3. The number of nitrogens with one attached hydrogen (secondary N) is 1. The van der Waals surface area contributed by atoms with Crippen LogP contribution in [0.4, 0.5) is 5.82 Å². The molecule has 5 nitrogen and oxygen atoms in total. The zero-order chi connectivity index (χ0) is 17.3. The van der Waals surface area contributed by atoms with Crippen molar-refractivity contribution in [3.63, 3.8) is 0 Å². The Morgan fingerprint density at radius 1 is 0.769 bits per heavy atom. The Morgan fingerprint density at radius 2 is 1.50 bits per heavy atom. The van der Waals surface area contributed by atoms with E-state index in [2.05, 4.69) is 74.5 Å². The zero-order valence-electron chi connectivity index (χ0n) is 13.7. The maximum atomic E-state index is 5.96. The maximum absolute atomic E-state index is 5.96. The molecule has 2 heterocycles. The third-order valence-corrected chi connectivity index (χ3v) is 5.10. The molecule has 0 spiro atoms. The second-order valence-corrected chi connectivity index (χ2v) is 6.51. The van der Waals surface area contributed by atoms with Gasteiger partial charge in [0.2, 0.25) is 0 Å². The number of fused-ring (bicyclic) bond motifs is 1. The van der Waals surface area contributed by atoms with E-state index in [0.717, 1.165) is 16.8 Å². The molecular formula is C21H13N5. The molecule has 5 heteroatoms. The van der Waals surface area contributed by atoms with Crippen LogP contribution >= 0.6 is 0 Å². The minimum atomic E-state index is 0.409. The summed E-state index contributed by atoms with van der Waals surface area (Å²) in [6, 6.07) is 19.4. The molecular weight excluding hydrogens is 322 g/mol. The first-order valence-corrected chi connectivity index (χ1v) is 8.43. The number of nitrogen functional groups attached to an aromatic ring is 1. The van der Waals surface area contributed by atoms with Gasteiger partial charge >= 0.3 is 0 Å². The smallest absolute Gasteiger partial charge is 0.183 e. The second kappa shape index (κ2) is 4.67. The van der Waals surface area contributed by atoms with Crippen LogP contribution in [0.15, 0.2) is 60.9 Å². The average Bonchev–Trinajstić information content (AvgIpc) is 3.11. The molecule has 0 radical (unpaired) electrons. The third-order valence-electron chi connectivity index (χ3n) is 5.10. The Morgan fingerprint density at radius 3 is 2.31 bits per heavy atom. The summed E-state index contributed by atoms with van der Waals surface area (Å²) in [4.78, 5) is 16.2. The predicted octanol–water partition coefficient (Wildman–Crippen LogP) is 4.50. The summed E-state index contributed by atoms with van der Waals surface area (Å²) in [6.07, 6.45) is 1.44. The van der Waals surface area contributed by atoms with Gasteiger partial charge in [0, 0.05) is 5.56 Å². The number of nitrogens with two attached hydrogens (primary N) is 1. The number of rotatable bonds is 1. The van der Waals surface area contributed by atoms with Crippen molar-refractivity contribution in [2.75, 3.05) is 5.73 Å². The van der Waals surface area contributed by atoms with Gasteiger partial charge in [0.15, 0.2) is 11.5 Å². The molecule has 0 saturated carbocycles. The lowest BCUT2D eigenvalue weighted by Gasteiger charge is -2.12. The molecule has 3 N–H and O–H groups in total. The minimum absolute atomic E-state index is 0.409. The number of hydrogen-bond donors (Lipinski definition) is 2. The fourth-order valence-corrected chi connectivity index (χ4v) is 3.92. The molecule has 0 amide bonds. The van der Waals surface area contributed by atoms with Crippen LogP contribution in [0.5, 0.6) is 0 Å². The van der Waals surface area contributed by atoms with Crippen LogP contribution in [0.25, 0.3) is 54.9 Å². The molecule has 0 fully saturated rings. The quantitative estimate of drug-likeness (QED) is 0.434. The first kappa shape index (κ1) is 13.5. The number of anilines is 1. The zero-order valence-corrected chi connectivity index (χ0v) is 13.7. The Labute approximate surface area is 147 Å². The van der Waals surface area contributed by atoms with Gasteiger partial charge in [0.1, 0.15) is 17.7 Å². The van der Waals surface area contributed by atoms with Crippen molar-refractivity contribution in [3.05, 3.63) is 60.9 Å². The molecule has 0 atom stereocenters. The van der Waals surface area contributed by atoms with Crippen molar-refractivity contribution in [3.8, 4) is 11.4 Å². The van der Waals surface area contributed by atoms with E-state index in [1.807, 2.05) is 0 Å². The van der Waals surface area contributed by atoms with Gasteiger partial charge in [-0.15, -0.1) is 0 Å². The molecule has 122 valence electrons. The molecule has 0 unspecified atom stereocenters. The summed E-state index contributed by atoms with van der Waals surface area (Å²) in [5.74, 6) is 1.16. The first-order valence-electron chi connectivity index (χ1n) is 8.43. The van der Waals surface area contributed by atoms with Crippen LogP contribution in [0.3, 0.4) is 0 Å². The lowest BCUT2D eigenvalue weighted by atomic mass is 9.92. The van der Waals surface area contributed by atoms with Crippen LogP contribution in [0.1, 0.15) is 0 Å². The molecule has 0 saturated heterocycles. The van der Waals surface area contributed by atoms with Gasteiger partial charge in [-0.1, -0.05) is 54.6 Å². The molecule has 0 aliphatic carbocycles. The van der Waals surface area contributed by atoms with Crippen LogP contribution < -0.4 is 5.73 Å². The Balaban J connectivity index is 1.76. The SMILES string of the molecule is Nc1ncnc2nc(-c3ccc4ccc5cccc6ccc3c4c56)[nH]c12. The van der Waals surface area contributed by atoms with Gasteiger partial charge in [-0.25, -0.2) is 15.0 Å². The normalized spacial score (nSPS) is 12.0. The Kier molecular flexibility index (Phi) is 2.43. The van der Waals surface area contributed by atoms with Crippen molar-refractivity contribution >= 4 is 49.3 Å². The van der Waals surface area contributed by atoms with Gasteiger partial charge in [-0.05, 0) is 32.3 Å². The monoisotopic (exact) mass is 335 g/mol. The second-order valence-electron chi connectivity index (χ2n) is 6.51. The fraction of sp³-hybridized carbons (Fsp3) is 0. The molecule has 0 aliphatic heterocycles. The highest BCUT2D eigenvalue weighted by Crippen LogP contribution is 2.38. The molecule has 4 aromatic carbocycles. The van der Waals surface area contributed by atoms with E-state index in [4.69, 9.17) is 5.73 Å². The number of benzene rings is 4. The summed E-state index contributed by atoms with van der Waals surface area (Å²) in [6.45, 7) is 0. The lowest BCUT2D eigenvalue weighted by Crippen LogP contribution is -1.91. The van der Waals surface area contributed by atoms with E-state index in [0.29, 0.717) is 17.0 Å². The lowest BCUT2D eigenvalue weighted by molar-refractivity contribution is 1.21. The third kappa shape index (κ3) is 1.66. The summed E-state index contributed by atoms with van der Waals surface area (Å²) in [5, 5.41) is 7.44. The minimum Gasteiger partial charge on any atom is -0.382 e. The van der Waals surface area contributed by atoms with Crippen molar-refractivity contribution in [2.45, 2.75) is 0 Å². The summed E-state index contributed by atoms with van der Waals surface area (Å²) in [5.41, 5.74) is 8.25. The number of aromatic nitrogens is 4. The van der Waals surface area contributed by atoms with Crippen molar-refractivity contribution < 1.29 is 0 Å². The van der Waals surface area contributed by atoms with Gasteiger partial charge < -0.3 is 10.7 Å². The highest BCUT2D eigenvalue weighted by Gasteiger charge is 2.15. The molecule has 26 heavy (non-hydrogen) atoms. The van der Waals surface area contributed by atoms with E-state index >= 15 is 0 Å². The number of hydrogen-bond acceptors (Lipinski definition) is 4. The van der Waals surface area contributed by atoms with Gasteiger partial charge in [0.25, 0.3) is 0 Å². The number of imidazole rings is 1. The van der Waals surface area contributed by atoms with Gasteiger partial charge in [-0.3, -0.25) is 0 Å². The van der Waals surface area contributed by atoms with Gasteiger partial charge in [-0.2, -0.15) is 0 Å². The van der Waals surface area contributed by atoms with E-state index in [-0.39, 0.29) is 0 Å². The molecule has 6 aromatic rings. The van der Waals surface area contributed by atoms with Crippen molar-refractivity contribution in [2.24, 2.45) is 0 Å². The Hall–Kier alpha value is -3.73. The summed E-state index contributed by atoms with van der Waals surface area (Å²) < 4.78 is 0. The summed E-state index contributed by atoms with van der Waals surface area (Å²) in [7, 11) is 0. The first-order chi connectivity index (χ1) is 12.8. The average molecular weight is 335 g/mol. The van der Waals surface area contributed by atoms with Crippen molar-refractivity contribution in [1.82, 2.24) is 19.9 Å². The molecule has 0 aliphatic rings. The van der Waals surface area contributed by atoms with Crippen LogP contribution in [0.2, 0.25) is 0 Å². The van der Waals surface area contributed by atoms with E-state index in [1.165, 1.54) is 33.3 Å². The summed E-state index contributed by atoms with van der Waals surface area (Å²) >= 11 is 0. The highest BCUT2D eigenvalue weighted by molar-refractivity contribution is 6.25. The predicted molar refractivity (Wildman–Crippen MR) is 105 cm³/mol. The molecule has 0 bridgehead atoms. The van der Waals surface area contributed by atoms with E-state index in [9.17, 15) is 0 Å². The molecule has 2 aromatic heterocycles. The molecule has 6 rings (SSSR count). The van der Waals surface area contributed by atoms with Crippen molar-refractivity contribution in [1.29, 1.82) is 0 Å². The number of aromatic amines is 1. The fourth-order valence-electron chi connectivity index (χ4n) is 3.92. The topological polar surface area (TPSA) is 80.5 Å². The standard InChI is InChI=1S/C21H13N5/c22-19-18-21(24-10-23-19)26-20(25-18)15-9-7-13-5-4-11-2-1-3-12-6-8-14(15)17(13)16(11)12/h1-10H,(H3,22,23,24,25,26). The van der Waals surface area contributed by atoms with Crippen LogP contribution in [-0.2, 0) is 0 Å². The largest absolute Gasteiger partial charge is 0.382 e. The van der Waals surface area contributed by atoms with Crippen LogP contribution in [0, 0.1) is 0 Å². The number of H-pyrrole nitrogens is 1. The highest BCUT2D eigenvalue weighted by atomic mass is 15.0. The van der Waals surface area contributed by atoms with Crippen LogP contribution in [-0.4, -0.2) is 19.9 Å². The van der Waals surface area contributed by atoms with E-state index < -0.39 is 0 Å². The van der Waals surface area contributed by atoms with E-state index in [1.54, 1.807) is 0 Å².